The first-order valence-electron chi connectivity index (χ1n) is 6.14. The van der Waals surface area contributed by atoms with Gasteiger partial charge in [-0.25, -0.2) is 4.39 Å². The van der Waals surface area contributed by atoms with Gasteiger partial charge in [-0.15, -0.1) is 0 Å². The van der Waals surface area contributed by atoms with Crippen LogP contribution in [0.2, 0.25) is 5.02 Å². The van der Waals surface area contributed by atoms with Crippen LogP contribution in [0, 0.1) is 5.82 Å². The molecule has 1 N–H and O–H groups in total. The lowest BCUT2D eigenvalue weighted by molar-refractivity contribution is 0.0640. The second-order valence-electron chi connectivity index (χ2n) is 4.68. The normalized spacial score (nSPS) is 21.2. The number of hydrogen-bond donors (Lipinski definition) is 1. The maximum Gasteiger partial charge on any atom is 0.148 e. The first-order valence-corrected chi connectivity index (χ1v) is 7.31. The molecular formula is C15H11BrClFO2. The Morgan fingerprint density at radius 3 is 2.85 bits per heavy atom. The molecule has 0 saturated heterocycles. The summed E-state index contributed by atoms with van der Waals surface area (Å²) in [7, 11) is 0. The Morgan fingerprint density at radius 2 is 2.05 bits per heavy atom. The van der Waals surface area contributed by atoms with E-state index in [1.54, 1.807) is 18.2 Å². The molecule has 0 aliphatic carbocycles. The number of benzene rings is 2. The van der Waals surface area contributed by atoms with Gasteiger partial charge in [0.2, 0.25) is 0 Å². The fraction of sp³-hybridized carbons (Fsp3) is 0.200. The van der Waals surface area contributed by atoms with Crippen molar-refractivity contribution in [1.29, 1.82) is 0 Å². The van der Waals surface area contributed by atoms with Gasteiger partial charge in [-0.2, -0.15) is 0 Å². The van der Waals surface area contributed by atoms with E-state index in [9.17, 15) is 9.50 Å². The Bertz CT molecular complexity index is 662. The summed E-state index contributed by atoms with van der Waals surface area (Å²) in [5.41, 5.74) is 1.07. The third-order valence-electron chi connectivity index (χ3n) is 3.37. The molecule has 2 unspecified atom stereocenters. The van der Waals surface area contributed by atoms with Gasteiger partial charge in [0.15, 0.2) is 0 Å². The number of fused-ring (bicyclic) bond motifs is 1. The number of aliphatic hydroxyl groups excluding tert-OH is 1. The Morgan fingerprint density at radius 1 is 1.25 bits per heavy atom. The molecule has 2 aromatic rings. The minimum atomic E-state index is -0.695. The summed E-state index contributed by atoms with van der Waals surface area (Å²) in [6, 6.07) is 10.2. The summed E-state index contributed by atoms with van der Waals surface area (Å²) in [6.07, 6.45) is -0.947. The first-order chi connectivity index (χ1) is 9.56. The standard InChI is InChI=1S/C15H11BrClFO2/c16-8-4-5-13-10(6-8)12(19)7-14(20-13)9-2-1-3-11(17)15(9)18/h1-6,12,14,19H,7H2. The zero-order valence-electron chi connectivity index (χ0n) is 10.3. The molecule has 0 radical (unpaired) electrons. The van der Waals surface area contributed by atoms with E-state index in [2.05, 4.69) is 15.9 Å². The van der Waals surface area contributed by atoms with Gasteiger partial charge in [-0.1, -0.05) is 39.7 Å². The van der Waals surface area contributed by atoms with Crippen LogP contribution in [0.25, 0.3) is 0 Å². The fourth-order valence-electron chi connectivity index (χ4n) is 2.38. The minimum Gasteiger partial charge on any atom is -0.485 e. The average Bonchev–Trinajstić information content (AvgIpc) is 2.42. The van der Waals surface area contributed by atoms with E-state index in [0.29, 0.717) is 23.3 Å². The third-order valence-corrected chi connectivity index (χ3v) is 4.15. The van der Waals surface area contributed by atoms with Crippen LogP contribution in [-0.2, 0) is 0 Å². The molecule has 5 heteroatoms. The number of aliphatic hydroxyl groups is 1. The van der Waals surface area contributed by atoms with Crippen molar-refractivity contribution in [3.05, 3.63) is 62.8 Å². The molecule has 0 aromatic heterocycles. The molecule has 0 saturated carbocycles. The molecule has 1 aliphatic rings. The van der Waals surface area contributed by atoms with E-state index in [1.165, 1.54) is 6.07 Å². The molecule has 3 rings (SSSR count). The average molecular weight is 358 g/mol. The van der Waals surface area contributed by atoms with Crippen LogP contribution >= 0.6 is 27.5 Å². The lowest BCUT2D eigenvalue weighted by Crippen LogP contribution is -2.20. The first kappa shape index (κ1) is 13.9. The van der Waals surface area contributed by atoms with Crippen LogP contribution in [-0.4, -0.2) is 5.11 Å². The lowest BCUT2D eigenvalue weighted by Gasteiger charge is -2.30. The van der Waals surface area contributed by atoms with Gasteiger partial charge in [0.25, 0.3) is 0 Å². The van der Waals surface area contributed by atoms with Crippen molar-refractivity contribution < 1.29 is 14.2 Å². The van der Waals surface area contributed by atoms with Crippen LogP contribution in [0.1, 0.15) is 29.8 Å². The van der Waals surface area contributed by atoms with Gasteiger partial charge in [0.05, 0.1) is 11.1 Å². The van der Waals surface area contributed by atoms with Crippen molar-refractivity contribution in [1.82, 2.24) is 0 Å². The fourth-order valence-corrected chi connectivity index (χ4v) is 2.94. The van der Waals surface area contributed by atoms with Crippen molar-refractivity contribution in [2.75, 3.05) is 0 Å². The van der Waals surface area contributed by atoms with Gasteiger partial charge in [0, 0.05) is 22.0 Å². The Balaban J connectivity index is 1.99. The highest BCUT2D eigenvalue weighted by Gasteiger charge is 2.30. The molecule has 0 fully saturated rings. The zero-order chi connectivity index (χ0) is 14.3. The highest BCUT2D eigenvalue weighted by atomic mass is 79.9. The second-order valence-corrected chi connectivity index (χ2v) is 6.01. The molecule has 2 aromatic carbocycles. The van der Waals surface area contributed by atoms with Gasteiger partial charge in [-0.3, -0.25) is 0 Å². The molecule has 0 bridgehead atoms. The van der Waals surface area contributed by atoms with Crippen LogP contribution in [0.3, 0.4) is 0 Å². The number of halogens is 3. The van der Waals surface area contributed by atoms with Crippen molar-refractivity contribution in [3.63, 3.8) is 0 Å². The number of ether oxygens (including phenoxy) is 1. The zero-order valence-corrected chi connectivity index (χ0v) is 12.7. The third kappa shape index (κ3) is 2.43. The van der Waals surface area contributed by atoms with Crippen molar-refractivity contribution in [2.24, 2.45) is 0 Å². The van der Waals surface area contributed by atoms with Crippen molar-refractivity contribution in [2.45, 2.75) is 18.6 Å². The van der Waals surface area contributed by atoms with Gasteiger partial charge >= 0.3 is 0 Å². The van der Waals surface area contributed by atoms with Crippen LogP contribution in [0.4, 0.5) is 4.39 Å². The van der Waals surface area contributed by atoms with Crippen molar-refractivity contribution >= 4 is 27.5 Å². The van der Waals surface area contributed by atoms with Gasteiger partial charge in [-0.05, 0) is 24.3 Å². The Kier molecular flexibility index (Phi) is 3.71. The van der Waals surface area contributed by atoms with Crippen LogP contribution < -0.4 is 4.74 Å². The van der Waals surface area contributed by atoms with Crippen LogP contribution in [0.15, 0.2) is 40.9 Å². The van der Waals surface area contributed by atoms with E-state index < -0.39 is 18.0 Å². The number of rotatable bonds is 1. The monoisotopic (exact) mass is 356 g/mol. The number of hydrogen-bond acceptors (Lipinski definition) is 2. The van der Waals surface area contributed by atoms with E-state index in [-0.39, 0.29) is 5.02 Å². The van der Waals surface area contributed by atoms with E-state index in [1.807, 2.05) is 12.1 Å². The predicted octanol–water partition coefficient (Wildman–Crippen LogP) is 4.80. The van der Waals surface area contributed by atoms with Gasteiger partial charge < -0.3 is 9.84 Å². The summed E-state index contributed by atoms with van der Waals surface area (Å²) < 4.78 is 20.7. The SMILES string of the molecule is OC1CC(c2cccc(Cl)c2F)Oc2ccc(Br)cc21. The molecule has 2 nitrogen and oxygen atoms in total. The summed E-state index contributed by atoms with van der Waals surface area (Å²) in [5.74, 6) is 0.0725. The van der Waals surface area contributed by atoms with E-state index >= 15 is 0 Å². The van der Waals surface area contributed by atoms with E-state index in [0.717, 1.165) is 4.47 Å². The lowest BCUT2D eigenvalue weighted by atomic mass is 9.95. The molecule has 2 atom stereocenters. The van der Waals surface area contributed by atoms with E-state index in [4.69, 9.17) is 16.3 Å². The molecule has 0 amide bonds. The molecule has 20 heavy (non-hydrogen) atoms. The molecular weight excluding hydrogens is 347 g/mol. The van der Waals surface area contributed by atoms with Gasteiger partial charge in [0.1, 0.15) is 17.7 Å². The maximum atomic E-state index is 14.1. The highest BCUT2D eigenvalue weighted by molar-refractivity contribution is 9.10. The summed E-state index contributed by atoms with van der Waals surface area (Å²) in [4.78, 5) is 0. The maximum absolute atomic E-state index is 14.1. The predicted molar refractivity (Wildman–Crippen MR) is 78.5 cm³/mol. The largest absolute Gasteiger partial charge is 0.485 e. The molecule has 1 heterocycles. The Hall–Kier alpha value is -1.10. The molecule has 0 spiro atoms. The summed E-state index contributed by atoms with van der Waals surface area (Å²) in [6.45, 7) is 0. The summed E-state index contributed by atoms with van der Waals surface area (Å²) >= 11 is 9.15. The topological polar surface area (TPSA) is 29.5 Å². The smallest absolute Gasteiger partial charge is 0.148 e. The second kappa shape index (κ2) is 5.35. The Labute approximate surface area is 129 Å². The molecule has 104 valence electrons. The molecule has 1 aliphatic heterocycles. The minimum absolute atomic E-state index is 0.0576. The summed E-state index contributed by atoms with van der Waals surface area (Å²) in [5, 5.41) is 10.3. The van der Waals surface area contributed by atoms with Crippen molar-refractivity contribution in [3.8, 4) is 5.75 Å². The highest BCUT2D eigenvalue weighted by Crippen LogP contribution is 2.42. The van der Waals surface area contributed by atoms with Crippen LogP contribution in [0.5, 0.6) is 5.75 Å². The quantitative estimate of drug-likeness (QED) is 0.794.